The molecule has 32 heavy (non-hydrogen) atoms. The fourth-order valence-corrected chi connectivity index (χ4v) is 4.33. The number of fused-ring (bicyclic) bond motifs is 1. The van der Waals surface area contributed by atoms with Gasteiger partial charge in [0.15, 0.2) is 6.73 Å². The van der Waals surface area contributed by atoms with E-state index in [0.29, 0.717) is 5.02 Å². The molecule has 0 saturated heterocycles. The minimum atomic E-state index is -4.01. The van der Waals surface area contributed by atoms with E-state index in [2.05, 4.69) is 4.72 Å². The van der Waals surface area contributed by atoms with Crippen molar-refractivity contribution in [3.8, 4) is 0 Å². The first-order chi connectivity index (χ1) is 15.3. The first-order valence-electron chi connectivity index (χ1n) is 9.28. The smallest absolute Gasteiger partial charge is 0.342 e. The van der Waals surface area contributed by atoms with Gasteiger partial charge in [0.1, 0.15) is 0 Å². The van der Waals surface area contributed by atoms with Crippen molar-refractivity contribution < 1.29 is 27.5 Å². The summed E-state index contributed by atoms with van der Waals surface area (Å²) in [6.45, 7) is -0.608. The molecular formula is C22H15ClN2O6S. The van der Waals surface area contributed by atoms with Crippen molar-refractivity contribution in [3.63, 3.8) is 0 Å². The van der Waals surface area contributed by atoms with Gasteiger partial charge in [-0.1, -0.05) is 35.9 Å². The quantitative estimate of drug-likeness (QED) is 0.436. The summed E-state index contributed by atoms with van der Waals surface area (Å²) >= 11 is 5.80. The van der Waals surface area contributed by atoms with Crippen LogP contribution in [0, 0.1) is 0 Å². The van der Waals surface area contributed by atoms with Crippen LogP contribution in [0.5, 0.6) is 0 Å². The number of halogens is 1. The van der Waals surface area contributed by atoms with Gasteiger partial charge in [-0.3, -0.25) is 14.3 Å². The van der Waals surface area contributed by atoms with Gasteiger partial charge in [0.25, 0.3) is 21.8 Å². The fraction of sp³-hybridized carbons (Fsp3) is 0.0455. The molecule has 2 amide bonds. The summed E-state index contributed by atoms with van der Waals surface area (Å²) in [7, 11) is -4.01. The number of para-hydroxylation sites is 1. The molecule has 4 rings (SSSR count). The molecule has 3 aromatic carbocycles. The van der Waals surface area contributed by atoms with Gasteiger partial charge in [-0.15, -0.1) is 0 Å². The Morgan fingerprint density at radius 3 is 2.06 bits per heavy atom. The zero-order chi connectivity index (χ0) is 22.9. The molecule has 1 aliphatic rings. The number of carbonyl (C=O) groups is 3. The third kappa shape index (κ3) is 4.08. The molecule has 1 heterocycles. The number of carbonyl (C=O) groups excluding carboxylic acids is 3. The number of esters is 1. The summed E-state index contributed by atoms with van der Waals surface area (Å²) in [6, 6.07) is 17.6. The summed E-state index contributed by atoms with van der Waals surface area (Å²) in [5, 5.41) is 0.376. The SMILES string of the molecule is O=C(OCN1C(=O)c2ccccc2C1=O)c1ccccc1NS(=O)(=O)c1ccc(Cl)cc1. The number of hydrogen-bond acceptors (Lipinski definition) is 6. The normalized spacial score (nSPS) is 13.1. The molecule has 0 radical (unpaired) electrons. The zero-order valence-corrected chi connectivity index (χ0v) is 17.9. The van der Waals surface area contributed by atoms with Crippen molar-refractivity contribution in [1.29, 1.82) is 0 Å². The summed E-state index contributed by atoms with van der Waals surface area (Å²) < 4.78 is 32.8. The van der Waals surface area contributed by atoms with Crippen LogP contribution in [-0.2, 0) is 14.8 Å². The van der Waals surface area contributed by atoms with Crippen LogP contribution in [0.3, 0.4) is 0 Å². The van der Waals surface area contributed by atoms with Crippen molar-refractivity contribution in [2.45, 2.75) is 4.90 Å². The maximum Gasteiger partial charge on any atom is 0.342 e. The van der Waals surface area contributed by atoms with Gasteiger partial charge in [-0.05, 0) is 48.5 Å². The highest BCUT2D eigenvalue weighted by atomic mass is 35.5. The van der Waals surface area contributed by atoms with E-state index in [1.165, 1.54) is 54.6 Å². The van der Waals surface area contributed by atoms with Crippen molar-refractivity contribution in [3.05, 3.63) is 94.5 Å². The lowest BCUT2D eigenvalue weighted by molar-refractivity contribution is 0.0229. The van der Waals surface area contributed by atoms with Crippen molar-refractivity contribution in [1.82, 2.24) is 4.90 Å². The van der Waals surface area contributed by atoms with Crippen LogP contribution in [0.2, 0.25) is 5.02 Å². The minimum absolute atomic E-state index is 0.0187. The van der Waals surface area contributed by atoms with E-state index < -0.39 is 34.5 Å². The summed E-state index contributed by atoms with van der Waals surface area (Å²) in [4.78, 5) is 38.2. The van der Waals surface area contributed by atoms with E-state index in [4.69, 9.17) is 16.3 Å². The standard InChI is InChI=1S/C22H15ClN2O6S/c23-14-9-11-15(12-10-14)32(29,30)24-19-8-4-3-7-18(19)22(28)31-13-25-20(26)16-5-1-2-6-17(16)21(25)27/h1-12,24H,13H2. The predicted molar refractivity (Wildman–Crippen MR) is 116 cm³/mol. The highest BCUT2D eigenvalue weighted by Crippen LogP contribution is 2.24. The molecule has 0 fully saturated rings. The Morgan fingerprint density at radius 2 is 1.44 bits per heavy atom. The maximum atomic E-state index is 12.7. The lowest BCUT2D eigenvalue weighted by Crippen LogP contribution is -2.33. The Morgan fingerprint density at radius 1 is 0.875 bits per heavy atom. The van der Waals surface area contributed by atoms with Gasteiger partial charge < -0.3 is 4.74 Å². The number of hydrogen-bond donors (Lipinski definition) is 1. The van der Waals surface area contributed by atoms with Crippen LogP contribution in [0.25, 0.3) is 0 Å². The van der Waals surface area contributed by atoms with Crippen LogP contribution in [0.1, 0.15) is 31.1 Å². The first-order valence-corrected chi connectivity index (χ1v) is 11.1. The monoisotopic (exact) mass is 470 g/mol. The Labute approximate surface area is 188 Å². The average molecular weight is 471 g/mol. The molecule has 3 aromatic rings. The fourth-order valence-electron chi connectivity index (χ4n) is 3.12. The third-order valence-corrected chi connectivity index (χ3v) is 6.35. The number of sulfonamides is 1. The number of amides is 2. The second-order valence-electron chi connectivity index (χ2n) is 6.75. The van der Waals surface area contributed by atoms with E-state index in [1.54, 1.807) is 18.2 Å². The Hall–Kier alpha value is -3.69. The topological polar surface area (TPSA) is 110 Å². The molecule has 8 nitrogen and oxygen atoms in total. The summed E-state index contributed by atoms with van der Waals surface area (Å²) in [5.41, 5.74) is 0.353. The lowest BCUT2D eigenvalue weighted by atomic mass is 10.1. The largest absolute Gasteiger partial charge is 0.440 e. The van der Waals surface area contributed by atoms with Gasteiger partial charge >= 0.3 is 5.97 Å². The van der Waals surface area contributed by atoms with Crippen molar-refractivity contribution in [2.75, 3.05) is 11.5 Å². The molecule has 0 bridgehead atoms. The molecule has 0 atom stereocenters. The molecule has 0 spiro atoms. The number of anilines is 1. The molecular weight excluding hydrogens is 456 g/mol. The number of ether oxygens (including phenoxy) is 1. The van der Waals surface area contributed by atoms with E-state index in [1.807, 2.05) is 0 Å². The van der Waals surface area contributed by atoms with Gasteiger partial charge in [0, 0.05) is 5.02 Å². The average Bonchev–Trinajstić information content (AvgIpc) is 3.02. The first kappa shape index (κ1) is 21.5. The number of benzene rings is 3. The maximum absolute atomic E-state index is 12.7. The van der Waals surface area contributed by atoms with E-state index in [0.717, 1.165) is 4.90 Å². The van der Waals surface area contributed by atoms with Crippen LogP contribution < -0.4 is 4.72 Å². The van der Waals surface area contributed by atoms with E-state index >= 15 is 0 Å². The second-order valence-corrected chi connectivity index (χ2v) is 8.87. The van der Waals surface area contributed by atoms with Gasteiger partial charge in [-0.25, -0.2) is 18.1 Å². The Bertz CT molecular complexity index is 1300. The third-order valence-electron chi connectivity index (χ3n) is 4.72. The number of imide groups is 1. The van der Waals surface area contributed by atoms with Gasteiger partial charge in [-0.2, -0.15) is 0 Å². The van der Waals surface area contributed by atoms with Crippen LogP contribution in [-0.4, -0.2) is 37.8 Å². The lowest BCUT2D eigenvalue weighted by Gasteiger charge is -2.16. The molecule has 162 valence electrons. The van der Waals surface area contributed by atoms with Crippen LogP contribution >= 0.6 is 11.6 Å². The van der Waals surface area contributed by atoms with Gasteiger partial charge in [0.2, 0.25) is 0 Å². The van der Waals surface area contributed by atoms with E-state index in [-0.39, 0.29) is 27.3 Å². The molecule has 0 aliphatic carbocycles. The minimum Gasteiger partial charge on any atom is -0.440 e. The molecule has 0 aromatic heterocycles. The Balaban J connectivity index is 1.51. The highest BCUT2D eigenvalue weighted by Gasteiger charge is 2.36. The zero-order valence-electron chi connectivity index (χ0n) is 16.3. The highest BCUT2D eigenvalue weighted by molar-refractivity contribution is 7.92. The van der Waals surface area contributed by atoms with E-state index in [9.17, 15) is 22.8 Å². The molecule has 0 unspecified atom stereocenters. The van der Waals surface area contributed by atoms with Crippen molar-refractivity contribution >= 4 is 45.1 Å². The number of nitrogens with one attached hydrogen (secondary N) is 1. The molecule has 10 heteroatoms. The Kier molecular flexibility index (Phi) is 5.68. The van der Waals surface area contributed by atoms with Gasteiger partial charge in [0.05, 0.1) is 27.3 Å². The molecule has 1 N–H and O–H groups in total. The summed E-state index contributed by atoms with van der Waals surface area (Å²) in [6.07, 6.45) is 0. The number of rotatable bonds is 6. The van der Waals surface area contributed by atoms with Crippen molar-refractivity contribution in [2.24, 2.45) is 0 Å². The molecule has 1 aliphatic heterocycles. The predicted octanol–water partition coefficient (Wildman–Crippen LogP) is 3.55. The van der Waals surface area contributed by atoms with Crippen LogP contribution in [0.4, 0.5) is 5.69 Å². The number of nitrogens with zero attached hydrogens (tertiary/aromatic N) is 1. The second kappa shape index (κ2) is 8.45. The molecule has 0 saturated carbocycles. The van der Waals surface area contributed by atoms with Crippen LogP contribution in [0.15, 0.2) is 77.7 Å². The summed E-state index contributed by atoms with van der Waals surface area (Å²) in [5.74, 6) is -2.05.